The zero-order valence-electron chi connectivity index (χ0n) is 22.3. The monoisotopic (exact) mass is 541 g/mol. The molecule has 3 aromatic heterocycles. The highest BCUT2D eigenvalue weighted by molar-refractivity contribution is 7.96. The van der Waals surface area contributed by atoms with Crippen molar-refractivity contribution in [1.29, 1.82) is 0 Å². The van der Waals surface area contributed by atoms with Gasteiger partial charge in [0.05, 0.1) is 11.2 Å². The Bertz CT molecular complexity index is 1680. The summed E-state index contributed by atoms with van der Waals surface area (Å²) in [6.07, 6.45) is 3.13. The van der Waals surface area contributed by atoms with Gasteiger partial charge in [0.25, 0.3) is 11.1 Å². The molecule has 4 aromatic rings. The predicted molar refractivity (Wildman–Crippen MR) is 150 cm³/mol. The zero-order valence-corrected chi connectivity index (χ0v) is 23.1. The Morgan fingerprint density at radius 3 is 2.45 bits per heavy atom. The molecule has 3 heterocycles. The Morgan fingerprint density at radius 1 is 1.11 bits per heavy atom. The number of aromatic nitrogens is 5. The number of hydrogen-bond acceptors (Lipinski definition) is 7. The molecule has 1 fully saturated rings. The molecule has 0 spiro atoms. The molecule has 12 heteroatoms. The van der Waals surface area contributed by atoms with Crippen molar-refractivity contribution in [2.24, 2.45) is 7.05 Å². The van der Waals surface area contributed by atoms with Gasteiger partial charge in [-0.25, -0.2) is 13.8 Å². The van der Waals surface area contributed by atoms with Crippen LogP contribution in [0.1, 0.15) is 43.9 Å². The third kappa shape index (κ3) is 4.81. The minimum absolute atomic E-state index is 0.113. The van der Waals surface area contributed by atoms with Crippen LogP contribution in [-0.2, 0) is 12.9 Å². The van der Waals surface area contributed by atoms with E-state index in [-0.39, 0.29) is 34.0 Å². The number of hydrogen-bond donors (Lipinski definition) is 2. The highest BCUT2D eigenvalue weighted by Crippen LogP contribution is 2.34. The van der Waals surface area contributed by atoms with Gasteiger partial charge in [0.2, 0.25) is 0 Å². The predicted octanol–water partition coefficient (Wildman–Crippen LogP) is 3.73. The number of benzene rings is 1. The number of nitrogens with zero attached hydrogens (tertiary/aromatic N) is 5. The van der Waals surface area contributed by atoms with Gasteiger partial charge >= 0.3 is 5.69 Å². The molecule has 0 saturated heterocycles. The number of anilines is 2. The molecule has 0 bridgehead atoms. The van der Waals surface area contributed by atoms with Crippen LogP contribution in [0.3, 0.4) is 0 Å². The van der Waals surface area contributed by atoms with Crippen molar-refractivity contribution in [1.82, 2.24) is 28.2 Å². The Kier molecular flexibility index (Phi) is 7.93. The third-order valence-electron chi connectivity index (χ3n) is 6.33. The average molecular weight is 542 g/mol. The van der Waals surface area contributed by atoms with E-state index in [0.717, 1.165) is 5.56 Å². The van der Waals surface area contributed by atoms with Gasteiger partial charge in [-0.3, -0.25) is 28.1 Å². The number of pyridine rings is 1. The van der Waals surface area contributed by atoms with E-state index in [1.165, 1.54) is 38.8 Å². The van der Waals surface area contributed by atoms with E-state index < -0.39 is 22.6 Å². The lowest BCUT2D eigenvalue weighted by Gasteiger charge is -2.19. The van der Waals surface area contributed by atoms with Gasteiger partial charge in [0, 0.05) is 30.9 Å². The standard InChI is InChI=1S/C24H26FN7O3S.C2H6/c1-13-5-8-17(16(25)11-13)27-21-19-20(14(2)22(33)29(21)4)32(18-9-10-30(28-18)12-36-26-3)24(35)31(23(19)34)15-6-7-15;1-2/h5,8-11,15,26-27H,6-7,12H2,1-4H3;1-2H3. The minimum Gasteiger partial charge on any atom is -0.338 e. The van der Waals surface area contributed by atoms with Crippen LogP contribution in [0.5, 0.6) is 0 Å². The van der Waals surface area contributed by atoms with Gasteiger partial charge in [-0.15, -0.1) is 0 Å². The van der Waals surface area contributed by atoms with Gasteiger partial charge in [-0.1, -0.05) is 31.9 Å². The highest BCUT2D eigenvalue weighted by atomic mass is 32.2. The molecular weight excluding hydrogens is 509 g/mol. The van der Waals surface area contributed by atoms with Crippen LogP contribution in [0.2, 0.25) is 0 Å². The van der Waals surface area contributed by atoms with Crippen LogP contribution in [0.4, 0.5) is 15.9 Å². The maximum atomic E-state index is 14.8. The summed E-state index contributed by atoms with van der Waals surface area (Å²) in [5, 5.41) is 7.61. The SMILES string of the molecule is CC.CNSCn1ccc(-n2c(=O)n(C3CC3)c(=O)c3c(Nc4ccc(C)cc4F)n(C)c(=O)c(C)c32)n1. The molecule has 10 nitrogen and oxygen atoms in total. The maximum absolute atomic E-state index is 14.8. The molecule has 5 rings (SSSR count). The van der Waals surface area contributed by atoms with Crippen molar-refractivity contribution < 1.29 is 4.39 Å². The fourth-order valence-corrected chi connectivity index (χ4v) is 4.76. The first-order valence-electron chi connectivity index (χ1n) is 12.5. The third-order valence-corrected chi connectivity index (χ3v) is 7.01. The van der Waals surface area contributed by atoms with E-state index in [0.29, 0.717) is 24.5 Å². The Hall–Kier alpha value is -3.64. The summed E-state index contributed by atoms with van der Waals surface area (Å²) in [5.41, 5.74) is -0.260. The van der Waals surface area contributed by atoms with Gasteiger partial charge < -0.3 is 5.32 Å². The second-order valence-electron chi connectivity index (χ2n) is 8.88. The minimum atomic E-state index is -0.551. The summed E-state index contributed by atoms with van der Waals surface area (Å²) >= 11 is 1.42. The van der Waals surface area contributed by atoms with E-state index in [1.54, 1.807) is 50.0 Å². The summed E-state index contributed by atoms with van der Waals surface area (Å²) in [6.45, 7) is 7.34. The van der Waals surface area contributed by atoms with Crippen LogP contribution in [0, 0.1) is 19.7 Å². The van der Waals surface area contributed by atoms with E-state index >= 15 is 0 Å². The average Bonchev–Trinajstić information content (AvgIpc) is 3.63. The van der Waals surface area contributed by atoms with E-state index in [9.17, 15) is 18.8 Å². The molecule has 0 amide bonds. The van der Waals surface area contributed by atoms with Crippen LogP contribution in [-0.4, -0.2) is 30.5 Å². The van der Waals surface area contributed by atoms with Crippen molar-refractivity contribution in [2.75, 3.05) is 12.4 Å². The van der Waals surface area contributed by atoms with Gasteiger partial charge in [-0.05, 0) is 51.4 Å². The molecule has 0 atom stereocenters. The van der Waals surface area contributed by atoms with Crippen LogP contribution < -0.4 is 26.8 Å². The summed E-state index contributed by atoms with van der Waals surface area (Å²) in [4.78, 5) is 40.8. The lowest BCUT2D eigenvalue weighted by atomic mass is 10.1. The zero-order chi connectivity index (χ0) is 27.7. The summed E-state index contributed by atoms with van der Waals surface area (Å²) in [6, 6.07) is 6.09. The van der Waals surface area contributed by atoms with Crippen LogP contribution in [0.15, 0.2) is 44.8 Å². The lowest BCUT2D eigenvalue weighted by molar-refractivity contribution is 0.629. The summed E-state index contributed by atoms with van der Waals surface area (Å²) < 4.78 is 23.2. The normalized spacial score (nSPS) is 12.9. The quantitative estimate of drug-likeness (QED) is 0.343. The van der Waals surface area contributed by atoms with Crippen molar-refractivity contribution in [3.8, 4) is 5.82 Å². The maximum Gasteiger partial charge on any atom is 0.337 e. The summed E-state index contributed by atoms with van der Waals surface area (Å²) in [7, 11) is 3.31. The number of nitrogens with one attached hydrogen (secondary N) is 2. The largest absolute Gasteiger partial charge is 0.338 e. The lowest BCUT2D eigenvalue weighted by Crippen LogP contribution is -2.41. The molecule has 0 aliphatic heterocycles. The Morgan fingerprint density at radius 2 is 1.82 bits per heavy atom. The molecule has 202 valence electrons. The molecule has 2 N–H and O–H groups in total. The summed E-state index contributed by atoms with van der Waals surface area (Å²) in [5.74, 6) is 0.375. The van der Waals surface area contributed by atoms with Crippen molar-refractivity contribution in [3.05, 3.63) is 78.6 Å². The smallest absolute Gasteiger partial charge is 0.337 e. The molecule has 0 unspecified atom stereocenters. The second kappa shape index (κ2) is 11.0. The molecule has 1 saturated carbocycles. The van der Waals surface area contributed by atoms with Gasteiger partial charge in [0.1, 0.15) is 22.9 Å². The number of fused-ring (bicyclic) bond motifs is 1. The molecule has 1 aliphatic carbocycles. The first-order chi connectivity index (χ1) is 18.2. The molecule has 1 aromatic carbocycles. The van der Waals surface area contributed by atoms with Gasteiger partial charge in [0.15, 0.2) is 5.82 Å². The fraction of sp³-hybridized carbons (Fsp3) is 0.385. The Balaban J connectivity index is 0.00000164. The molecule has 0 radical (unpaired) electrons. The molecule has 1 aliphatic rings. The van der Waals surface area contributed by atoms with Crippen LogP contribution >= 0.6 is 11.9 Å². The van der Waals surface area contributed by atoms with Crippen molar-refractivity contribution >= 4 is 34.4 Å². The number of aryl methyl sites for hydroxylation is 2. The second-order valence-corrected chi connectivity index (χ2v) is 9.84. The van der Waals surface area contributed by atoms with E-state index in [1.807, 2.05) is 13.8 Å². The fourth-order valence-electron chi connectivity index (χ4n) is 4.35. The number of rotatable bonds is 7. The van der Waals surface area contributed by atoms with Crippen molar-refractivity contribution in [2.45, 2.75) is 52.5 Å². The van der Waals surface area contributed by atoms with Gasteiger partial charge in [-0.2, -0.15) is 5.10 Å². The van der Waals surface area contributed by atoms with Crippen LogP contribution in [0.25, 0.3) is 16.7 Å². The van der Waals surface area contributed by atoms with E-state index in [2.05, 4.69) is 15.1 Å². The van der Waals surface area contributed by atoms with E-state index in [4.69, 9.17) is 0 Å². The molecule has 38 heavy (non-hydrogen) atoms. The Labute approximate surface area is 223 Å². The van der Waals surface area contributed by atoms with Crippen molar-refractivity contribution in [3.63, 3.8) is 0 Å². The topological polar surface area (TPSA) is 108 Å². The number of halogens is 1. The molecular formula is C26H32FN7O3S. The first-order valence-corrected chi connectivity index (χ1v) is 13.5. The highest BCUT2D eigenvalue weighted by Gasteiger charge is 2.32. The first kappa shape index (κ1) is 27.4.